The van der Waals surface area contributed by atoms with Crippen molar-refractivity contribution in [2.45, 2.75) is 117 Å². The minimum atomic E-state index is -0.867. The third kappa shape index (κ3) is 15.8. The molecule has 0 radical (unpaired) electrons. The number of hydrogen-bond donors (Lipinski definition) is 2. The van der Waals surface area contributed by atoms with Crippen LogP contribution >= 0.6 is 0 Å². The molecule has 3 atom stereocenters. The van der Waals surface area contributed by atoms with Gasteiger partial charge in [-0.15, -0.1) is 0 Å². The fraction of sp³-hybridized carbons (Fsp3) is 0.885. The van der Waals surface area contributed by atoms with E-state index < -0.39 is 18.3 Å². The molecule has 0 spiro atoms. The largest absolute Gasteiger partial charge is 0.390 e. The molecule has 0 saturated carbocycles. The average Bonchev–Trinajstić information content (AvgIpc) is 2.80. The number of aliphatic hydroxyl groups is 1. The van der Waals surface area contributed by atoms with E-state index in [1.807, 2.05) is 0 Å². The highest BCUT2D eigenvalue weighted by Crippen LogP contribution is 2.19. The Morgan fingerprint density at radius 3 is 1.94 bits per heavy atom. The predicted molar refractivity (Wildman–Crippen MR) is 132 cm³/mol. The number of rotatable bonds is 24. The average molecular weight is 458 g/mol. The zero-order valence-electron chi connectivity index (χ0n) is 21.3. The number of carbonyl (C=O) groups excluding carboxylic acids is 1. The molecule has 0 unspecified atom stereocenters. The van der Waals surface area contributed by atoms with Crippen LogP contribution in [0, 0.1) is 0 Å². The zero-order chi connectivity index (χ0) is 23.9. The minimum Gasteiger partial charge on any atom is -0.390 e. The van der Waals surface area contributed by atoms with Crippen molar-refractivity contribution in [3.63, 3.8) is 0 Å². The Bertz CT molecular complexity index is 444. The molecule has 2 N–H and O–H groups in total. The van der Waals surface area contributed by atoms with Gasteiger partial charge in [-0.05, 0) is 25.7 Å². The van der Waals surface area contributed by atoms with E-state index in [0.717, 1.165) is 83.5 Å². The van der Waals surface area contributed by atoms with Crippen LogP contribution in [0.5, 0.6) is 0 Å². The van der Waals surface area contributed by atoms with Crippen LogP contribution < -0.4 is 5.32 Å². The van der Waals surface area contributed by atoms with Crippen molar-refractivity contribution < 1.29 is 24.1 Å². The van der Waals surface area contributed by atoms with Gasteiger partial charge in [0.05, 0.1) is 6.61 Å². The minimum absolute atomic E-state index is 0.173. The van der Waals surface area contributed by atoms with E-state index in [0.29, 0.717) is 25.4 Å². The summed E-state index contributed by atoms with van der Waals surface area (Å²) in [5.74, 6) is 0. The zero-order valence-corrected chi connectivity index (χ0v) is 21.3. The molecular formula is C26H51NO5. The number of carbonyl (C=O) groups is 1. The van der Waals surface area contributed by atoms with Crippen LogP contribution in [0.15, 0.2) is 11.8 Å². The second-order valence-electron chi connectivity index (χ2n) is 8.46. The quantitative estimate of drug-likeness (QED) is 0.118. The summed E-state index contributed by atoms with van der Waals surface area (Å²) < 4.78 is 18.0. The van der Waals surface area contributed by atoms with Gasteiger partial charge in [-0.2, -0.15) is 0 Å². The number of nitrogens with one attached hydrogen (secondary N) is 1. The Labute approximate surface area is 197 Å². The number of aliphatic hydroxyl groups excluding tert-OH is 1. The van der Waals surface area contributed by atoms with Crippen LogP contribution in [0.2, 0.25) is 0 Å². The van der Waals surface area contributed by atoms with E-state index in [1.165, 1.54) is 0 Å². The van der Waals surface area contributed by atoms with Gasteiger partial charge in [-0.1, -0.05) is 72.6 Å². The summed E-state index contributed by atoms with van der Waals surface area (Å²) in [5.41, 5.74) is 0.475. The highest BCUT2D eigenvalue weighted by Gasteiger charge is 2.33. The van der Waals surface area contributed by atoms with Crippen LogP contribution in [-0.2, 0) is 19.0 Å². The molecule has 0 aliphatic rings. The number of ether oxygens (including phenoxy) is 3. The van der Waals surface area contributed by atoms with Crippen LogP contribution in [0.25, 0.3) is 0 Å². The van der Waals surface area contributed by atoms with Crippen molar-refractivity contribution in [3.05, 3.63) is 11.8 Å². The second-order valence-corrected chi connectivity index (χ2v) is 8.46. The second kappa shape index (κ2) is 23.2. The Morgan fingerprint density at radius 2 is 1.38 bits per heavy atom. The standard InChI is InChI=1S/C26H51NO5/c1-5-9-13-17-30-22-24(29)26(32-19-15-11-7-3)25(31-18-14-10-6-2)23(21-28)20-27-16-12-8-4/h20-21,24-27,29H,5-19,22H2,1-4H3/b23-20-/t24-,25-,26-/m1/s1. The first-order valence-corrected chi connectivity index (χ1v) is 13.0. The monoisotopic (exact) mass is 457 g/mol. The molecule has 6 nitrogen and oxygen atoms in total. The van der Waals surface area contributed by atoms with Crippen LogP contribution in [-0.4, -0.2) is 62.7 Å². The molecule has 0 aliphatic heterocycles. The smallest absolute Gasteiger partial charge is 0.150 e. The molecule has 0 amide bonds. The first kappa shape index (κ1) is 31.0. The molecule has 0 aromatic carbocycles. The summed E-state index contributed by atoms with van der Waals surface area (Å²) in [7, 11) is 0. The van der Waals surface area contributed by atoms with Crippen molar-refractivity contribution in [1.82, 2.24) is 5.32 Å². The van der Waals surface area contributed by atoms with Crippen molar-refractivity contribution in [1.29, 1.82) is 0 Å². The van der Waals surface area contributed by atoms with Gasteiger partial charge in [0.15, 0.2) is 0 Å². The Kier molecular flexibility index (Phi) is 22.5. The van der Waals surface area contributed by atoms with Crippen molar-refractivity contribution in [2.24, 2.45) is 0 Å². The number of aldehydes is 1. The molecule has 0 fully saturated rings. The van der Waals surface area contributed by atoms with Crippen molar-refractivity contribution in [3.8, 4) is 0 Å². The van der Waals surface area contributed by atoms with Gasteiger partial charge < -0.3 is 24.6 Å². The van der Waals surface area contributed by atoms with E-state index in [1.54, 1.807) is 6.20 Å². The highest BCUT2D eigenvalue weighted by atomic mass is 16.6. The fourth-order valence-corrected chi connectivity index (χ4v) is 3.32. The topological polar surface area (TPSA) is 77.0 Å². The number of hydrogen-bond acceptors (Lipinski definition) is 6. The van der Waals surface area contributed by atoms with Crippen LogP contribution in [0.4, 0.5) is 0 Å². The van der Waals surface area contributed by atoms with Gasteiger partial charge in [-0.25, -0.2) is 0 Å². The van der Waals surface area contributed by atoms with E-state index in [2.05, 4.69) is 33.0 Å². The molecule has 190 valence electrons. The molecule has 0 aromatic rings. The van der Waals surface area contributed by atoms with E-state index in [-0.39, 0.29) is 6.61 Å². The summed E-state index contributed by atoms with van der Waals surface area (Å²) in [6, 6.07) is 0. The summed E-state index contributed by atoms with van der Waals surface area (Å²) in [5, 5.41) is 14.2. The first-order valence-electron chi connectivity index (χ1n) is 13.0. The lowest BCUT2D eigenvalue weighted by molar-refractivity contribution is -0.132. The third-order valence-electron chi connectivity index (χ3n) is 5.37. The van der Waals surface area contributed by atoms with E-state index in [9.17, 15) is 9.90 Å². The molecule has 32 heavy (non-hydrogen) atoms. The molecule has 0 aliphatic carbocycles. The normalized spacial score (nSPS) is 14.8. The fourth-order valence-electron chi connectivity index (χ4n) is 3.32. The van der Waals surface area contributed by atoms with Gasteiger partial charge in [0, 0.05) is 38.1 Å². The predicted octanol–water partition coefficient (Wildman–Crippen LogP) is 5.18. The molecular weight excluding hydrogens is 406 g/mol. The molecule has 0 rings (SSSR count). The Morgan fingerprint density at radius 1 is 0.812 bits per heavy atom. The van der Waals surface area contributed by atoms with E-state index >= 15 is 0 Å². The van der Waals surface area contributed by atoms with Crippen LogP contribution in [0.1, 0.15) is 98.3 Å². The van der Waals surface area contributed by atoms with E-state index in [4.69, 9.17) is 14.2 Å². The Balaban J connectivity index is 5.35. The van der Waals surface area contributed by atoms with Crippen LogP contribution in [0.3, 0.4) is 0 Å². The summed E-state index contributed by atoms with van der Waals surface area (Å²) in [6.07, 6.45) is 11.8. The highest BCUT2D eigenvalue weighted by molar-refractivity contribution is 5.74. The number of unbranched alkanes of at least 4 members (excludes halogenated alkanes) is 7. The summed E-state index contributed by atoms with van der Waals surface area (Å²) in [6.45, 7) is 11.2. The summed E-state index contributed by atoms with van der Waals surface area (Å²) >= 11 is 0. The van der Waals surface area contributed by atoms with Gasteiger partial charge >= 0.3 is 0 Å². The van der Waals surface area contributed by atoms with Crippen molar-refractivity contribution in [2.75, 3.05) is 33.0 Å². The summed E-state index contributed by atoms with van der Waals surface area (Å²) in [4.78, 5) is 12.0. The molecule has 6 heteroatoms. The SMILES string of the molecule is CCCCCOC[C@@H](O)[C@@H](OCCCCC)[C@H](OCCCCC)/C(C=O)=C\NCCCC. The maximum atomic E-state index is 12.0. The maximum Gasteiger partial charge on any atom is 0.150 e. The lowest BCUT2D eigenvalue weighted by Crippen LogP contribution is -2.45. The molecule has 0 bridgehead atoms. The molecule has 0 heterocycles. The lowest BCUT2D eigenvalue weighted by Gasteiger charge is -2.31. The first-order chi connectivity index (χ1) is 15.7. The Hall–Kier alpha value is -0.950. The maximum absolute atomic E-state index is 12.0. The van der Waals surface area contributed by atoms with Gasteiger partial charge in [0.2, 0.25) is 0 Å². The van der Waals surface area contributed by atoms with Gasteiger partial charge in [0.1, 0.15) is 24.6 Å². The molecule has 0 aromatic heterocycles. The third-order valence-corrected chi connectivity index (χ3v) is 5.37. The van der Waals surface area contributed by atoms with Gasteiger partial charge in [-0.3, -0.25) is 4.79 Å². The van der Waals surface area contributed by atoms with Crippen molar-refractivity contribution >= 4 is 6.29 Å². The molecule has 0 saturated heterocycles. The van der Waals surface area contributed by atoms with Gasteiger partial charge in [0.25, 0.3) is 0 Å². The lowest BCUT2D eigenvalue weighted by atomic mass is 10.0.